The minimum atomic E-state index is 0.770. The molecule has 0 aliphatic heterocycles. The Labute approximate surface area is 124 Å². The minimum absolute atomic E-state index is 0.770. The summed E-state index contributed by atoms with van der Waals surface area (Å²) in [6.45, 7) is 13.2. The number of aromatic nitrogens is 1. The van der Waals surface area contributed by atoms with Gasteiger partial charge in [0.15, 0.2) is 0 Å². The van der Waals surface area contributed by atoms with Gasteiger partial charge in [0.05, 0.1) is 11.9 Å². The van der Waals surface area contributed by atoms with Crippen molar-refractivity contribution in [3.05, 3.63) is 24.0 Å². The third-order valence-electron chi connectivity index (χ3n) is 3.99. The number of nitrogens with one attached hydrogen (secondary N) is 1. The lowest BCUT2D eigenvalue weighted by molar-refractivity contribution is 0.485. The molecule has 1 heterocycles. The number of rotatable bonds is 10. The fraction of sp³-hybridized carbons (Fsp3) is 0.706. The quantitative estimate of drug-likeness (QED) is 0.659. The van der Waals surface area contributed by atoms with Crippen LogP contribution in [0.3, 0.4) is 0 Å². The summed E-state index contributed by atoms with van der Waals surface area (Å²) >= 11 is 0. The second kappa shape index (κ2) is 9.76. The van der Waals surface area contributed by atoms with Crippen molar-refractivity contribution in [2.24, 2.45) is 5.92 Å². The monoisotopic (exact) mass is 277 g/mol. The maximum atomic E-state index is 4.33. The van der Waals surface area contributed by atoms with Crippen molar-refractivity contribution in [1.29, 1.82) is 0 Å². The van der Waals surface area contributed by atoms with E-state index in [9.17, 15) is 0 Å². The van der Waals surface area contributed by atoms with Gasteiger partial charge in [-0.15, -0.1) is 0 Å². The fourth-order valence-electron chi connectivity index (χ4n) is 2.51. The van der Waals surface area contributed by atoms with Gasteiger partial charge in [0.25, 0.3) is 0 Å². The zero-order chi connectivity index (χ0) is 14.8. The molecule has 1 N–H and O–H groups in total. The van der Waals surface area contributed by atoms with Gasteiger partial charge >= 0.3 is 0 Å². The average molecular weight is 277 g/mol. The van der Waals surface area contributed by atoms with E-state index in [1.807, 2.05) is 12.4 Å². The number of anilines is 1. The molecule has 0 atom stereocenters. The summed E-state index contributed by atoms with van der Waals surface area (Å²) in [5.41, 5.74) is 2.66. The minimum Gasteiger partial charge on any atom is -0.370 e. The number of hydrogen-bond donors (Lipinski definition) is 1. The van der Waals surface area contributed by atoms with Crippen LogP contribution in [0.15, 0.2) is 18.5 Å². The average Bonchev–Trinajstić information content (AvgIpc) is 2.50. The summed E-state index contributed by atoms with van der Waals surface area (Å²) in [5, 5.41) is 3.50. The predicted molar refractivity (Wildman–Crippen MR) is 88.2 cm³/mol. The van der Waals surface area contributed by atoms with Gasteiger partial charge in [-0.25, -0.2) is 0 Å². The topological polar surface area (TPSA) is 28.2 Å². The van der Waals surface area contributed by atoms with Crippen molar-refractivity contribution in [1.82, 2.24) is 10.3 Å². The standard InChI is InChI=1S/C17H31N3/c1-5-10-18-12-16-9-11-19-13-17(16)20(8-4)14-15(6-2)7-3/h9,11,13,15,18H,5-8,10,12,14H2,1-4H3. The highest BCUT2D eigenvalue weighted by atomic mass is 15.1. The molecule has 0 aromatic carbocycles. The summed E-state index contributed by atoms with van der Waals surface area (Å²) in [6, 6.07) is 2.15. The molecule has 0 aliphatic carbocycles. The largest absolute Gasteiger partial charge is 0.370 e. The molecule has 0 saturated heterocycles. The van der Waals surface area contributed by atoms with E-state index < -0.39 is 0 Å². The molecule has 0 aliphatic rings. The molecule has 0 saturated carbocycles. The third-order valence-corrected chi connectivity index (χ3v) is 3.99. The Hall–Kier alpha value is -1.09. The van der Waals surface area contributed by atoms with Crippen molar-refractivity contribution in [3.63, 3.8) is 0 Å². The molecule has 1 aromatic rings. The Morgan fingerprint density at radius 3 is 2.55 bits per heavy atom. The lowest BCUT2D eigenvalue weighted by Crippen LogP contribution is -2.30. The summed E-state index contributed by atoms with van der Waals surface area (Å²) in [5.74, 6) is 0.770. The second-order valence-corrected chi connectivity index (χ2v) is 5.40. The molecule has 0 amide bonds. The Morgan fingerprint density at radius 1 is 1.20 bits per heavy atom. The second-order valence-electron chi connectivity index (χ2n) is 5.40. The van der Waals surface area contributed by atoms with E-state index in [4.69, 9.17) is 0 Å². The number of hydrogen-bond acceptors (Lipinski definition) is 3. The Kier molecular flexibility index (Phi) is 8.28. The zero-order valence-corrected chi connectivity index (χ0v) is 13.7. The predicted octanol–water partition coefficient (Wildman–Crippen LogP) is 3.84. The van der Waals surface area contributed by atoms with Crippen molar-refractivity contribution >= 4 is 5.69 Å². The van der Waals surface area contributed by atoms with Crippen molar-refractivity contribution in [2.75, 3.05) is 24.5 Å². The lowest BCUT2D eigenvalue weighted by atomic mass is 10.0. The normalized spacial score (nSPS) is 11.1. The molecule has 1 rings (SSSR count). The number of nitrogens with zero attached hydrogens (tertiary/aromatic N) is 2. The van der Waals surface area contributed by atoms with Crippen LogP contribution in [0.2, 0.25) is 0 Å². The number of pyridine rings is 1. The lowest BCUT2D eigenvalue weighted by Gasteiger charge is -2.29. The van der Waals surface area contributed by atoms with E-state index in [1.54, 1.807) is 0 Å². The van der Waals surface area contributed by atoms with Crippen LogP contribution in [0.5, 0.6) is 0 Å². The highest BCUT2D eigenvalue weighted by Crippen LogP contribution is 2.22. The molecule has 0 radical (unpaired) electrons. The molecule has 1 aromatic heterocycles. The zero-order valence-electron chi connectivity index (χ0n) is 13.7. The summed E-state index contributed by atoms with van der Waals surface area (Å²) < 4.78 is 0. The molecule has 3 nitrogen and oxygen atoms in total. The van der Waals surface area contributed by atoms with Crippen molar-refractivity contribution in [3.8, 4) is 0 Å². The van der Waals surface area contributed by atoms with Gasteiger partial charge in [-0.3, -0.25) is 4.98 Å². The van der Waals surface area contributed by atoms with E-state index in [1.165, 1.54) is 30.5 Å². The molecule has 20 heavy (non-hydrogen) atoms. The molecule has 0 spiro atoms. The molecule has 3 heteroatoms. The highest BCUT2D eigenvalue weighted by Gasteiger charge is 2.13. The first-order valence-electron chi connectivity index (χ1n) is 8.15. The fourth-order valence-corrected chi connectivity index (χ4v) is 2.51. The van der Waals surface area contributed by atoms with Crippen LogP contribution in [-0.4, -0.2) is 24.6 Å². The summed E-state index contributed by atoms with van der Waals surface area (Å²) in [7, 11) is 0. The maximum absolute atomic E-state index is 4.33. The van der Waals surface area contributed by atoms with Gasteiger partial charge in [0.1, 0.15) is 0 Å². The van der Waals surface area contributed by atoms with Gasteiger partial charge < -0.3 is 10.2 Å². The smallest absolute Gasteiger partial charge is 0.0598 e. The van der Waals surface area contributed by atoms with Crippen LogP contribution < -0.4 is 10.2 Å². The summed E-state index contributed by atoms with van der Waals surface area (Å²) in [4.78, 5) is 6.81. The SMILES string of the molecule is CCCNCc1ccncc1N(CC)CC(CC)CC. The summed E-state index contributed by atoms with van der Waals surface area (Å²) in [6.07, 6.45) is 7.59. The van der Waals surface area contributed by atoms with Gasteiger partial charge in [-0.05, 0) is 37.4 Å². The molecule has 0 fully saturated rings. The van der Waals surface area contributed by atoms with Crippen LogP contribution in [-0.2, 0) is 6.54 Å². The Balaban J connectivity index is 2.79. The van der Waals surface area contributed by atoms with Gasteiger partial charge in [-0.1, -0.05) is 33.6 Å². The van der Waals surface area contributed by atoms with E-state index >= 15 is 0 Å². The molecule has 114 valence electrons. The van der Waals surface area contributed by atoms with Gasteiger partial charge in [0.2, 0.25) is 0 Å². The molecule has 0 bridgehead atoms. The van der Waals surface area contributed by atoms with Crippen molar-refractivity contribution < 1.29 is 0 Å². The van der Waals surface area contributed by atoms with Crippen LogP contribution >= 0.6 is 0 Å². The van der Waals surface area contributed by atoms with Crippen LogP contribution in [0.1, 0.15) is 52.5 Å². The van der Waals surface area contributed by atoms with E-state index in [2.05, 4.69) is 49.0 Å². The van der Waals surface area contributed by atoms with Gasteiger partial charge in [-0.2, -0.15) is 0 Å². The van der Waals surface area contributed by atoms with Crippen LogP contribution in [0.4, 0.5) is 5.69 Å². The first-order valence-corrected chi connectivity index (χ1v) is 8.15. The molecular formula is C17H31N3. The van der Waals surface area contributed by atoms with Crippen molar-refractivity contribution in [2.45, 2.75) is 53.5 Å². The first kappa shape index (κ1) is 17.0. The highest BCUT2D eigenvalue weighted by molar-refractivity contribution is 5.51. The van der Waals surface area contributed by atoms with Crippen LogP contribution in [0.25, 0.3) is 0 Å². The van der Waals surface area contributed by atoms with E-state index in [0.717, 1.165) is 32.1 Å². The van der Waals surface area contributed by atoms with Gasteiger partial charge in [0, 0.05) is 25.8 Å². The maximum Gasteiger partial charge on any atom is 0.0598 e. The third kappa shape index (κ3) is 5.12. The van der Waals surface area contributed by atoms with E-state index in [0.29, 0.717) is 0 Å². The van der Waals surface area contributed by atoms with Crippen LogP contribution in [0, 0.1) is 5.92 Å². The van der Waals surface area contributed by atoms with E-state index in [-0.39, 0.29) is 0 Å². The Morgan fingerprint density at radius 2 is 1.95 bits per heavy atom. The molecular weight excluding hydrogens is 246 g/mol. The Bertz CT molecular complexity index is 361. The molecule has 0 unspecified atom stereocenters. The first-order chi connectivity index (χ1) is 9.76.